The molecule has 180 valence electrons. The van der Waals surface area contributed by atoms with Crippen molar-refractivity contribution in [3.63, 3.8) is 0 Å². The van der Waals surface area contributed by atoms with Gasteiger partial charge in [0, 0.05) is 5.69 Å². The van der Waals surface area contributed by atoms with Crippen LogP contribution in [-0.4, -0.2) is 37.7 Å². The monoisotopic (exact) mass is 495 g/mol. The lowest BCUT2D eigenvalue weighted by molar-refractivity contribution is -0.136. The highest BCUT2D eigenvalue weighted by Gasteiger charge is 2.16. The molecule has 0 aliphatic heterocycles. The van der Waals surface area contributed by atoms with E-state index >= 15 is 0 Å². The Bertz CT molecular complexity index is 1240. The van der Waals surface area contributed by atoms with Gasteiger partial charge in [-0.05, 0) is 67.1 Å². The molecule has 2 N–H and O–H groups in total. The zero-order valence-corrected chi connectivity index (χ0v) is 19.7. The van der Waals surface area contributed by atoms with Crippen LogP contribution in [0.1, 0.15) is 22.8 Å². The predicted molar refractivity (Wildman–Crippen MR) is 131 cm³/mol. The van der Waals surface area contributed by atoms with Crippen molar-refractivity contribution in [3.8, 4) is 17.2 Å². The number of ether oxygens (including phenoxy) is 3. The molecule has 0 saturated carbocycles. The second kappa shape index (κ2) is 12.2. The summed E-state index contributed by atoms with van der Waals surface area (Å²) in [4.78, 5) is 36.5. The van der Waals surface area contributed by atoms with Crippen LogP contribution in [0.3, 0.4) is 0 Å². The summed E-state index contributed by atoms with van der Waals surface area (Å²) in [7, 11) is 1.41. The predicted octanol–water partition coefficient (Wildman–Crippen LogP) is 4.06. The molecule has 0 unspecified atom stereocenters. The molecule has 0 aliphatic rings. The minimum Gasteiger partial charge on any atom is -0.494 e. The van der Waals surface area contributed by atoms with Gasteiger partial charge in [-0.15, -0.1) is 0 Å². The number of halogens is 1. The summed E-state index contributed by atoms with van der Waals surface area (Å²) >= 11 is 6.03. The first-order chi connectivity index (χ1) is 16.9. The van der Waals surface area contributed by atoms with Gasteiger partial charge in [-0.3, -0.25) is 9.59 Å². The third-order valence-corrected chi connectivity index (χ3v) is 4.82. The molecule has 9 nitrogen and oxygen atoms in total. The third kappa shape index (κ3) is 7.05. The fourth-order valence-electron chi connectivity index (χ4n) is 2.84. The SMILES string of the molecule is CCOc1ccc(NC(=O)C(=O)N/N=C/c2ccc(OC(=O)c3ccccc3Cl)c(OC)c2)cc1. The topological polar surface area (TPSA) is 115 Å². The number of benzene rings is 3. The van der Waals surface area contributed by atoms with Crippen LogP contribution >= 0.6 is 11.6 Å². The molecule has 0 fully saturated rings. The number of hydrogen-bond donors (Lipinski definition) is 2. The molecule has 0 bridgehead atoms. The van der Waals surface area contributed by atoms with Crippen LogP contribution in [0, 0.1) is 0 Å². The van der Waals surface area contributed by atoms with E-state index in [0.29, 0.717) is 23.6 Å². The van der Waals surface area contributed by atoms with E-state index in [0.717, 1.165) is 0 Å². The molecular weight excluding hydrogens is 474 g/mol. The summed E-state index contributed by atoms with van der Waals surface area (Å²) in [5.74, 6) is -1.39. The normalized spacial score (nSPS) is 10.5. The first-order valence-electron chi connectivity index (χ1n) is 10.4. The number of anilines is 1. The Kier molecular flexibility index (Phi) is 8.80. The Hall–Kier alpha value is -4.37. The van der Waals surface area contributed by atoms with Crippen LogP contribution in [0.2, 0.25) is 5.02 Å². The lowest BCUT2D eigenvalue weighted by Gasteiger charge is -2.10. The number of nitrogens with one attached hydrogen (secondary N) is 2. The average molecular weight is 496 g/mol. The number of methoxy groups -OCH3 is 1. The summed E-state index contributed by atoms with van der Waals surface area (Å²) < 4.78 is 16.0. The van der Waals surface area contributed by atoms with Gasteiger partial charge >= 0.3 is 17.8 Å². The van der Waals surface area contributed by atoms with Crippen molar-refractivity contribution in [2.75, 3.05) is 19.0 Å². The van der Waals surface area contributed by atoms with Gasteiger partial charge in [0.2, 0.25) is 0 Å². The second-order valence-corrected chi connectivity index (χ2v) is 7.30. The van der Waals surface area contributed by atoms with Crippen molar-refractivity contribution in [1.29, 1.82) is 0 Å². The molecular formula is C25H22ClN3O6. The van der Waals surface area contributed by atoms with Crippen LogP contribution in [0.15, 0.2) is 71.8 Å². The first kappa shape index (κ1) is 25.3. The van der Waals surface area contributed by atoms with E-state index in [1.165, 1.54) is 19.4 Å². The molecule has 0 radical (unpaired) electrons. The lowest BCUT2D eigenvalue weighted by atomic mass is 10.2. The Morgan fingerprint density at radius 2 is 1.71 bits per heavy atom. The molecule has 0 heterocycles. The lowest BCUT2D eigenvalue weighted by Crippen LogP contribution is -2.32. The molecule has 0 aliphatic carbocycles. The van der Waals surface area contributed by atoms with Gasteiger partial charge in [0.25, 0.3) is 0 Å². The van der Waals surface area contributed by atoms with Crippen molar-refractivity contribution in [2.45, 2.75) is 6.92 Å². The Balaban J connectivity index is 1.58. The van der Waals surface area contributed by atoms with E-state index in [1.54, 1.807) is 60.7 Å². The molecule has 3 aromatic rings. The highest BCUT2D eigenvalue weighted by molar-refractivity contribution is 6.39. The minimum absolute atomic E-state index is 0.174. The molecule has 0 atom stereocenters. The zero-order valence-electron chi connectivity index (χ0n) is 18.9. The van der Waals surface area contributed by atoms with E-state index in [9.17, 15) is 14.4 Å². The summed E-state index contributed by atoms with van der Waals surface area (Å²) in [5, 5.41) is 6.51. The average Bonchev–Trinajstić information content (AvgIpc) is 2.86. The van der Waals surface area contributed by atoms with Crippen molar-refractivity contribution in [2.24, 2.45) is 5.10 Å². The smallest absolute Gasteiger partial charge is 0.345 e. The molecule has 3 aromatic carbocycles. The highest BCUT2D eigenvalue weighted by atomic mass is 35.5. The number of carbonyl (C=O) groups is 3. The van der Waals surface area contributed by atoms with Gasteiger partial charge in [-0.1, -0.05) is 23.7 Å². The van der Waals surface area contributed by atoms with E-state index in [2.05, 4.69) is 15.8 Å². The van der Waals surface area contributed by atoms with Crippen molar-refractivity contribution in [1.82, 2.24) is 5.43 Å². The maximum Gasteiger partial charge on any atom is 0.345 e. The number of carbonyl (C=O) groups excluding carboxylic acids is 3. The fourth-order valence-corrected chi connectivity index (χ4v) is 3.05. The maximum absolute atomic E-state index is 12.4. The Morgan fingerprint density at radius 1 is 0.971 bits per heavy atom. The number of esters is 1. The van der Waals surface area contributed by atoms with Crippen LogP contribution in [0.5, 0.6) is 17.2 Å². The molecule has 35 heavy (non-hydrogen) atoms. The number of nitrogens with zero attached hydrogens (tertiary/aromatic N) is 1. The number of rotatable bonds is 8. The molecule has 0 spiro atoms. The Labute approximate surface area is 206 Å². The zero-order chi connectivity index (χ0) is 25.2. The van der Waals surface area contributed by atoms with Crippen LogP contribution < -0.4 is 25.0 Å². The highest BCUT2D eigenvalue weighted by Crippen LogP contribution is 2.29. The molecule has 0 aromatic heterocycles. The van der Waals surface area contributed by atoms with E-state index in [1.807, 2.05) is 6.92 Å². The van der Waals surface area contributed by atoms with Gasteiger partial charge in [0.15, 0.2) is 11.5 Å². The molecule has 3 rings (SSSR count). The van der Waals surface area contributed by atoms with Crippen molar-refractivity contribution in [3.05, 3.63) is 82.9 Å². The minimum atomic E-state index is -0.951. The van der Waals surface area contributed by atoms with Gasteiger partial charge in [-0.25, -0.2) is 10.2 Å². The molecule has 10 heteroatoms. The largest absolute Gasteiger partial charge is 0.494 e. The van der Waals surface area contributed by atoms with E-state index < -0.39 is 17.8 Å². The Morgan fingerprint density at radius 3 is 2.40 bits per heavy atom. The number of amides is 2. The molecule has 2 amide bonds. The summed E-state index contributed by atoms with van der Waals surface area (Å²) in [6.45, 7) is 2.39. The number of hydrazone groups is 1. The van der Waals surface area contributed by atoms with Crippen LogP contribution in [0.4, 0.5) is 5.69 Å². The summed E-state index contributed by atoms with van der Waals surface area (Å²) in [6, 6.07) is 17.7. The number of hydrogen-bond acceptors (Lipinski definition) is 7. The van der Waals surface area contributed by atoms with Crippen LogP contribution in [0.25, 0.3) is 0 Å². The quantitative estimate of drug-likeness (QED) is 0.160. The van der Waals surface area contributed by atoms with Gasteiger partial charge < -0.3 is 19.5 Å². The standard InChI is InChI=1S/C25H22ClN3O6/c1-3-34-18-11-9-17(10-12-18)28-23(30)24(31)29-27-15-16-8-13-21(22(14-16)33-2)35-25(32)19-6-4-5-7-20(19)26/h4-15H,3H2,1-2H3,(H,28,30)(H,29,31)/b27-15+. The van der Waals surface area contributed by atoms with Crippen LogP contribution in [-0.2, 0) is 9.59 Å². The van der Waals surface area contributed by atoms with Gasteiger partial charge in [-0.2, -0.15) is 5.10 Å². The van der Waals surface area contributed by atoms with E-state index in [-0.39, 0.29) is 22.1 Å². The second-order valence-electron chi connectivity index (χ2n) is 6.89. The first-order valence-corrected chi connectivity index (χ1v) is 10.8. The summed E-state index contributed by atoms with van der Waals surface area (Å²) in [5.41, 5.74) is 3.32. The third-order valence-electron chi connectivity index (χ3n) is 4.49. The van der Waals surface area contributed by atoms with Gasteiger partial charge in [0.05, 0.1) is 30.5 Å². The van der Waals surface area contributed by atoms with E-state index in [4.69, 9.17) is 25.8 Å². The molecule has 0 saturated heterocycles. The van der Waals surface area contributed by atoms with Gasteiger partial charge in [0.1, 0.15) is 5.75 Å². The van der Waals surface area contributed by atoms with Crippen molar-refractivity contribution >= 4 is 41.3 Å². The maximum atomic E-state index is 12.4. The summed E-state index contributed by atoms with van der Waals surface area (Å²) in [6.07, 6.45) is 1.31. The fraction of sp³-hybridized carbons (Fsp3) is 0.120. The van der Waals surface area contributed by atoms with Crippen molar-refractivity contribution < 1.29 is 28.6 Å².